The van der Waals surface area contributed by atoms with Crippen LogP contribution >= 0.6 is 11.6 Å². The summed E-state index contributed by atoms with van der Waals surface area (Å²) in [5, 5.41) is 20.4. The molecular weight excluding hydrogens is 541 g/mol. The summed E-state index contributed by atoms with van der Waals surface area (Å²) in [5.41, 5.74) is 2.39. The first-order chi connectivity index (χ1) is 18.1. The molecule has 0 bridgehead atoms. The second kappa shape index (κ2) is 9.17. The van der Waals surface area contributed by atoms with Crippen LogP contribution < -0.4 is 4.74 Å². The summed E-state index contributed by atoms with van der Waals surface area (Å²) < 4.78 is 55.1. The minimum Gasteiger partial charge on any atom is -0.504 e. The van der Waals surface area contributed by atoms with E-state index in [4.69, 9.17) is 25.8 Å². The first-order valence-corrected chi connectivity index (χ1v) is 13.8. The quantitative estimate of drug-likeness (QED) is 0.335. The van der Waals surface area contributed by atoms with Gasteiger partial charge in [0.1, 0.15) is 18.3 Å². The third-order valence-electron chi connectivity index (χ3n) is 6.58. The lowest BCUT2D eigenvalue weighted by Gasteiger charge is -2.15. The molecule has 13 heteroatoms. The molecule has 4 aromatic rings. The average Bonchev–Trinajstić information content (AvgIpc) is 3.56. The van der Waals surface area contributed by atoms with E-state index in [1.54, 1.807) is 30.3 Å². The van der Waals surface area contributed by atoms with Crippen molar-refractivity contribution in [2.24, 2.45) is 0 Å². The number of aliphatic hydroxyl groups is 1. The standard InChI is InChI=1S/C25H21ClFN3O7S/c1-38(33,34)13-6-14(21(32)16(27)7-13)11-2-4-12(5-3-11)20-15(26)8-17-24(29-20)30-25(28-17)37-19-10-36-22-18(31)9-35-23(19)22/h2-8,18-19,22-23,31-32H,9-10H2,1H3,(H,28,29,30). The molecule has 0 saturated carbocycles. The molecule has 2 saturated heterocycles. The number of imidazole rings is 1. The molecule has 2 aliphatic heterocycles. The zero-order valence-corrected chi connectivity index (χ0v) is 21.3. The highest BCUT2D eigenvalue weighted by Crippen LogP contribution is 2.37. The number of aromatic amines is 1. The van der Waals surface area contributed by atoms with Crippen LogP contribution in [0.3, 0.4) is 0 Å². The number of hydrogen-bond acceptors (Lipinski definition) is 9. The van der Waals surface area contributed by atoms with Crippen LogP contribution in [-0.2, 0) is 19.3 Å². The number of ether oxygens (including phenoxy) is 3. The molecule has 6 rings (SSSR count). The van der Waals surface area contributed by atoms with Gasteiger partial charge in [0.25, 0.3) is 6.01 Å². The van der Waals surface area contributed by atoms with Crippen LogP contribution in [0.15, 0.2) is 47.4 Å². The van der Waals surface area contributed by atoms with Gasteiger partial charge >= 0.3 is 0 Å². The van der Waals surface area contributed by atoms with E-state index < -0.39 is 45.8 Å². The molecule has 2 aliphatic rings. The van der Waals surface area contributed by atoms with Crippen molar-refractivity contribution in [3.05, 3.63) is 53.3 Å². The summed E-state index contributed by atoms with van der Waals surface area (Å²) in [7, 11) is -3.69. The Labute approximate surface area is 220 Å². The Morgan fingerprint density at radius 1 is 1.08 bits per heavy atom. The monoisotopic (exact) mass is 561 g/mol. The summed E-state index contributed by atoms with van der Waals surface area (Å²) in [6, 6.07) is 10.4. The second-order valence-corrected chi connectivity index (χ2v) is 11.6. The van der Waals surface area contributed by atoms with E-state index in [0.717, 1.165) is 12.3 Å². The van der Waals surface area contributed by atoms with Crippen molar-refractivity contribution in [1.82, 2.24) is 15.0 Å². The summed E-state index contributed by atoms with van der Waals surface area (Å²) in [4.78, 5) is 11.7. The second-order valence-electron chi connectivity index (χ2n) is 9.20. The van der Waals surface area contributed by atoms with Gasteiger partial charge in [-0.05, 0) is 23.8 Å². The molecule has 2 aromatic carbocycles. The number of aromatic hydroxyl groups is 1. The van der Waals surface area contributed by atoms with Gasteiger partial charge in [0.05, 0.1) is 34.3 Å². The van der Waals surface area contributed by atoms with E-state index in [1.807, 2.05) is 0 Å². The number of nitrogens with zero attached hydrogens (tertiary/aromatic N) is 2. The van der Waals surface area contributed by atoms with Gasteiger partial charge in [0.15, 0.2) is 33.2 Å². The van der Waals surface area contributed by atoms with Gasteiger partial charge in [0.2, 0.25) is 0 Å². The van der Waals surface area contributed by atoms with Crippen LogP contribution in [0.2, 0.25) is 5.02 Å². The smallest absolute Gasteiger partial charge is 0.296 e. The van der Waals surface area contributed by atoms with Crippen molar-refractivity contribution in [2.45, 2.75) is 29.3 Å². The van der Waals surface area contributed by atoms with Crippen LogP contribution in [0.5, 0.6) is 11.8 Å². The number of phenols is 1. The maximum atomic E-state index is 14.2. The van der Waals surface area contributed by atoms with E-state index in [1.165, 1.54) is 6.07 Å². The van der Waals surface area contributed by atoms with Crippen molar-refractivity contribution < 1.29 is 37.2 Å². The fourth-order valence-electron chi connectivity index (χ4n) is 4.66. The number of hydrogen-bond donors (Lipinski definition) is 3. The Balaban J connectivity index is 1.28. The molecule has 0 radical (unpaired) electrons. The number of benzene rings is 2. The lowest BCUT2D eigenvalue weighted by atomic mass is 10.0. The minimum atomic E-state index is -3.69. The van der Waals surface area contributed by atoms with E-state index in [-0.39, 0.29) is 29.7 Å². The van der Waals surface area contributed by atoms with E-state index >= 15 is 0 Å². The molecule has 10 nitrogen and oxygen atoms in total. The Kier molecular flexibility index (Phi) is 6.04. The van der Waals surface area contributed by atoms with Crippen molar-refractivity contribution in [3.63, 3.8) is 0 Å². The van der Waals surface area contributed by atoms with Gasteiger partial charge in [-0.2, -0.15) is 4.98 Å². The van der Waals surface area contributed by atoms with Crippen molar-refractivity contribution in [3.8, 4) is 34.1 Å². The number of pyridine rings is 1. The largest absolute Gasteiger partial charge is 0.504 e. The number of nitrogens with one attached hydrogen (secondary N) is 1. The van der Waals surface area contributed by atoms with E-state index in [2.05, 4.69) is 15.0 Å². The molecule has 0 spiro atoms. The number of H-pyrrole nitrogens is 1. The number of fused-ring (bicyclic) bond motifs is 2. The molecule has 4 atom stereocenters. The molecule has 0 amide bonds. The molecule has 2 aromatic heterocycles. The van der Waals surface area contributed by atoms with Gasteiger partial charge in [-0.25, -0.2) is 17.8 Å². The van der Waals surface area contributed by atoms with Crippen molar-refractivity contribution >= 4 is 32.6 Å². The highest BCUT2D eigenvalue weighted by molar-refractivity contribution is 7.90. The first-order valence-electron chi connectivity index (χ1n) is 11.6. The van der Waals surface area contributed by atoms with Gasteiger partial charge in [-0.1, -0.05) is 35.9 Å². The third kappa shape index (κ3) is 4.37. The van der Waals surface area contributed by atoms with Crippen LogP contribution in [0.25, 0.3) is 33.5 Å². The van der Waals surface area contributed by atoms with Crippen molar-refractivity contribution in [2.75, 3.05) is 19.5 Å². The number of phenolic OH excluding ortho intramolecular Hbond substituents is 1. The fraction of sp³-hybridized carbons (Fsp3) is 0.280. The van der Waals surface area contributed by atoms with Gasteiger partial charge in [-0.3, -0.25) is 0 Å². The summed E-state index contributed by atoms with van der Waals surface area (Å²) in [5.74, 6) is -1.68. The molecule has 2 fully saturated rings. The number of aliphatic hydroxyl groups excluding tert-OH is 1. The predicted octanol–water partition coefficient (Wildman–Crippen LogP) is 3.10. The molecule has 0 aliphatic carbocycles. The SMILES string of the molecule is CS(=O)(=O)c1cc(F)c(O)c(-c2ccc(-c3nc4nc(OC5COC6C(O)COC56)[nH]c4cc3Cl)cc2)c1. The van der Waals surface area contributed by atoms with Crippen molar-refractivity contribution in [1.29, 1.82) is 0 Å². The zero-order valence-electron chi connectivity index (χ0n) is 19.8. The number of sulfone groups is 1. The normalized spacial score (nSPS) is 23.2. The van der Waals surface area contributed by atoms with Crippen LogP contribution in [0.1, 0.15) is 0 Å². The van der Waals surface area contributed by atoms with Gasteiger partial charge in [-0.15, -0.1) is 0 Å². The maximum absolute atomic E-state index is 14.2. The van der Waals surface area contributed by atoms with E-state index in [0.29, 0.717) is 33.0 Å². The first kappa shape index (κ1) is 25.0. The lowest BCUT2D eigenvalue weighted by Crippen LogP contribution is -2.34. The Morgan fingerprint density at radius 3 is 2.53 bits per heavy atom. The highest BCUT2D eigenvalue weighted by atomic mass is 35.5. The fourth-order valence-corrected chi connectivity index (χ4v) is 5.57. The molecule has 3 N–H and O–H groups in total. The topological polar surface area (TPSA) is 144 Å². The summed E-state index contributed by atoms with van der Waals surface area (Å²) in [6.07, 6.45) is -0.992. The zero-order chi connectivity index (χ0) is 26.8. The Hall–Kier alpha value is -3.29. The van der Waals surface area contributed by atoms with Crippen LogP contribution in [-0.4, -0.2) is 77.5 Å². The van der Waals surface area contributed by atoms with Gasteiger partial charge < -0.3 is 29.4 Å². The lowest BCUT2D eigenvalue weighted by molar-refractivity contribution is 0.00706. The molecular formula is C25H21ClFN3O7S. The average molecular weight is 562 g/mol. The number of aromatic nitrogens is 3. The molecule has 4 unspecified atom stereocenters. The molecule has 198 valence electrons. The minimum absolute atomic E-state index is 0.0393. The van der Waals surface area contributed by atoms with Crippen LogP contribution in [0, 0.1) is 5.82 Å². The third-order valence-corrected chi connectivity index (χ3v) is 7.96. The van der Waals surface area contributed by atoms with Gasteiger partial charge in [0, 0.05) is 17.4 Å². The maximum Gasteiger partial charge on any atom is 0.296 e. The molecule has 4 heterocycles. The predicted molar refractivity (Wildman–Crippen MR) is 134 cm³/mol. The summed E-state index contributed by atoms with van der Waals surface area (Å²) in [6.45, 7) is 0.439. The van der Waals surface area contributed by atoms with E-state index in [9.17, 15) is 23.0 Å². The number of halogens is 2. The molecule has 38 heavy (non-hydrogen) atoms. The summed E-state index contributed by atoms with van der Waals surface area (Å²) >= 11 is 6.50. The highest BCUT2D eigenvalue weighted by Gasteiger charge is 2.48. The Morgan fingerprint density at radius 2 is 1.79 bits per heavy atom. The Bertz CT molecular complexity index is 1660. The number of rotatable bonds is 5. The van der Waals surface area contributed by atoms with Crippen LogP contribution in [0.4, 0.5) is 4.39 Å².